The number of aryl methyl sites for hydroxylation is 2. The molecule has 48 heavy (non-hydrogen) atoms. The van der Waals surface area contributed by atoms with Crippen LogP contribution in [0.4, 0.5) is 0 Å². The fraction of sp³-hybridized carbons (Fsp3) is 0.282. The molecule has 1 aliphatic rings. The molecule has 1 aromatic heterocycles. The van der Waals surface area contributed by atoms with Crippen molar-refractivity contribution >= 4 is 33.4 Å². The quantitative estimate of drug-likeness (QED) is 0.0990. The maximum atomic E-state index is 12.9. The van der Waals surface area contributed by atoms with E-state index in [9.17, 15) is 4.79 Å². The van der Waals surface area contributed by atoms with Gasteiger partial charge in [-0.05, 0) is 91.6 Å². The van der Waals surface area contributed by atoms with Crippen LogP contribution in [0.15, 0.2) is 78.9 Å². The molecule has 0 amide bonds. The minimum Gasteiger partial charge on any atom is -0.496 e. The molecule has 0 bridgehead atoms. The summed E-state index contributed by atoms with van der Waals surface area (Å²) in [6.45, 7) is 10.4. The molecule has 6 rings (SSSR count). The van der Waals surface area contributed by atoms with Crippen molar-refractivity contribution in [2.45, 2.75) is 20.8 Å². The topological polar surface area (TPSA) is 73.4 Å². The molecule has 9 heteroatoms. The Morgan fingerprint density at radius 2 is 1.48 bits per heavy atom. The number of nitrogens with zero attached hydrogens (tertiary/aromatic N) is 3. The number of allylic oxidation sites excluding steroid dienone is 1. The molecular weight excluding hydrogens is 623 g/mol. The van der Waals surface area contributed by atoms with Gasteiger partial charge in [-0.1, -0.05) is 36.4 Å². The zero-order valence-corrected chi connectivity index (χ0v) is 28.9. The molecule has 2 heterocycles. The lowest BCUT2D eigenvalue weighted by Crippen LogP contribution is -2.48. The molecule has 4 aromatic carbocycles. The first-order valence-electron chi connectivity index (χ1n) is 16.0. The standard InChI is InChI=1S/C39H41N3O5S/c1-26-10-13-30(39-40-32-8-6-7-9-38(32)48-39)22-35(26)46-24-41-16-18-42(19-17-41)25-47-37-21-29(12-15-34(37)44-4)11-14-33(43)31-20-27(2)28(3)36(23-31)45-5/h6-15,20-23H,16-19,24-25H2,1-5H3/b14-11+. The van der Waals surface area contributed by atoms with Crippen LogP contribution in [0.5, 0.6) is 23.0 Å². The highest BCUT2D eigenvalue weighted by atomic mass is 32.1. The van der Waals surface area contributed by atoms with Crippen LogP contribution in [0.3, 0.4) is 0 Å². The molecule has 5 aromatic rings. The van der Waals surface area contributed by atoms with Crippen molar-refractivity contribution in [1.29, 1.82) is 0 Å². The van der Waals surface area contributed by atoms with Gasteiger partial charge >= 0.3 is 0 Å². The van der Waals surface area contributed by atoms with Crippen LogP contribution in [0.25, 0.3) is 26.9 Å². The van der Waals surface area contributed by atoms with Gasteiger partial charge in [0.25, 0.3) is 0 Å². The Morgan fingerprint density at radius 1 is 0.771 bits per heavy atom. The summed E-state index contributed by atoms with van der Waals surface area (Å²) in [5.74, 6) is 2.78. The summed E-state index contributed by atoms with van der Waals surface area (Å²) < 4.78 is 24.7. The lowest BCUT2D eigenvalue weighted by Gasteiger charge is -2.34. The smallest absolute Gasteiger partial charge is 0.185 e. The minimum atomic E-state index is -0.0902. The van der Waals surface area contributed by atoms with Gasteiger partial charge in [-0.3, -0.25) is 14.6 Å². The van der Waals surface area contributed by atoms with Gasteiger partial charge in [-0.15, -0.1) is 11.3 Å². The fourth-order valence-corrected chi connectivity index (χ4v) is 6.57. The third-order valence-electron chi connectivity index (χ3n) is 8.74. The van der Waals surface area contributed by atoms with Gasteiger partial charge in [0.2, 0.25) is 0 Å². The van der Waals surface area contributed by atoms with Gasteiger partial charge in [0.15, 0.2) is 17.3 Å². The summed E-state index contributed by atoms with van der Waals surface area (Å²) >= 11 is 1.70. The molecule has 1 fully saturated rings. The van der Waals surface area contributed by atoms with Crippen molar-refractivity contribution < 1.29 is 23.7 Å². The average molecular weight is 664 g/mol. The van der Waals surface area contributed by atoms with Gasteiger partial charge in [0.1, 0.15) is 30.0 Å². The highest BCUT2D eigenvalue weighted by molar-refractivity contribution is 7.21. The second-order valence-corrected chi connectivity index (χ2v) is 13.0. The van der Waals surface area contributed by atoms with Crippen LogP contribution < -0.4 is 18.9 Å². The van der Waals surface area contributed by atoms with Crippen molar-refractivity contribution in [2.24, 2.45) is 0 Å². The first-order valence-corrected chi connectivity index (χ1v) is 16.9. The normalized spacial score (nSPS) is 14.0. The van der Waals surface area contributed by atoms with E-state index in [1.165, 1.54) is 4.70 Å². The fourth-order valence-electron chi connectivity index (χ4n) is 5.61. The van der Waals surface area contributed by atoms with E-state index in [0.717, 1.165) is 70.3 Å². The van der Waals surface area contributed by atoms with Crippen LogP contribution >= 0.6 is 11.3 Å². The molecule has 0 spiro atoms. The first-order chi connectivity index (χ1) is 23.3. The number of methoxy groups -OCH3 is 2. The first kappa shape index (κ1) is 33.2. The number of aromatic nitrogens is 1. The largest absolute Gasteiger partial charge is 0.496 e. The number of rotatable bonds is 12. The second-order valence-electron chi connectivity index (χ2n) is 12.0. The number of fused-ring (bicyclic) bond motifs is 1. The molecule has 248 valence electrons. The number of hydrogen-bond donors (Lipinski definition) is 0. The summed E-state index contributed by atoms with van der Waals surface area (Å²) in [6.07, 6.45) is 3.38. The Kier molecular flexibility index (Phi) is 10.4. The summed E-state index contributed by atoms with van der Waals surface area (Å²) in [5.41, 5.74) is 6.68. The zero-order valence-electron chi connectivity index (χ0n) is 28.1. The summed E-state index contributed by atoms with van der Waals surface area (Å²) in [7, 11) is 3.25. The van der Waals surface area contributed by atoms with E-state index in [2.05, 4.69) is 41.0 Å². The van der Waals surface area contributed by atoms with Crippen LogP contribution in [0.1, 0.15) is 32.6 Å². The molecule has 0 saturated carbocycles. The molecule has 0 radical (unpaired) electrons. The van der Waals surface area contributed by atoms with Crippen LogP contribution in [-0.4, -0.2) is 74.4 Å². The lowest BCUT2D eigenvalue weighted by atomic mass is 10.0. The molecule has 0 atom stereocenters. The van der Waals surface area contributed by atoms with Crippen LogP contribution in [0, 0.1) is 20.8 Å². The number of hydrogen-bond acceptors (Lipinski definition) is 9. The number of para-hydroxylation sites is 1. The van der Waals surface area contributed by atoms with Gasteiger partial charge in [-0.25, -0.2) is 4.98 Å². The Bertz CT molecular complexity index is 1910. The Morgan fingerprint density at radius 3 is 2.19 bits per heavy atom. The molecule has 0 aliphatic carbocycles. The lowest BCUT2D eigenvalue weighted by molar-refractivity contribution is 0.0323. The van der Waals surface area contributed by atoms with Crippen molar-refractivity contribution in [2.75, 3.05) is 53.9 Å². The average Bonchev–Trinajstić information content (AvgIpc) is 3.55. The Hall–Kier alpha value is -4.70. The molecule has 1 saturated heterocycles. The third-order valence-corrected chi connectivity index (χ3v) is 9.82. The Balaban J connectivity index is 1.01. The molecule has 0 N–H and O–H groups in total. The highest BCUT2D eigenvalue weighted by Gasteiger charge is 2.19. The summed E-state index contributed by atoms with van der Waals surface area (Å²) in [4.78, 5) is 22.3. The van der Waals surface area contributed by atoms with E-state index in [4.69, 9.17) is 23.9 Å². The number of ketones is 1. The van der Waals surface area contributed by atoms with Crippen molar-refractivity contribution in [3.05, 3.63) is 107 Å². The van der Waals surface area contributed by atoms with E-state index < -0.39 is 0 Å². The van der Waals surface area contributed by atoms with E-state index in [0.29, 0.717) is 36.3 Å². The SMILES string of the molecule is COc1ccc(/C=C/C(=O)c2cc(C)c(C)c(OC)c2)cc1OCN1CCN(COc2cc(-c3nc4ccccc4s3)ccc2C)CC1. The molecule has 0 unspecified atom stereocenters. The van der Waals surface area contributed by atoms with Crippen molar-refractivity contribution in [1.82, 2.24) is 14.8 Å². The number of thiazole rings is 1. The van der Waals surface area contributed by atoms with Crippen molar-refractivity contribution in [3.8, 4) is 33.6 Å². The van der Waals surface area contributed by atoms with E-state index in [-0.39, 0.29) is 5.78 Å². The number of carbonyl (C=O) groups is 1. The van der Waals surface area contributed by atoms with Gasteiger partial charge in [0.05, 0.1) is 24.4 Å². The molecule has 8 nitrogen and oxygen atoms in total. The summed E-state index contributed by atoms with van der Waals surface area (Å²) in [5, 5.41) is 1.000. The summed E-state index contributed by atoms with van der Waals surface area (Å²) in [6, 6.07) is 23.9. The molecule has 1 aliphatic heterocycles. The van der Waals surface area contributed by atoms with Crippen LogP contribution in [0.2, 0.25) is 0 Å². The minimum absolute atomic E-state index is 0.0902. The second kappa shape index (κ2) is 15.0. The van der Waals surface area contributed by atoms with E-state index in [1.54, 1.807) is 43.8 Å². The third kappa shape index (κ3) is 7.71. The maximum Gasteiger partial charge on any atom is 0.185 e. The number of carbonyl (C=O) groups excluding carboxylic acids is 1. The van der Waals surface area contributed by atoms with E-state index >= 15 is 0 Å². The van der Waals surface area contributed by atoms with Gasteiger partial charge < -0.3 is 18.9 Å². The van der Waals surface area contributed by atoms with E-state index in [1.807, 2.05) is 56.3 Å². The predicted octanol–water partition coefficient (Wildman–Crippen LogP) is 7.79. The number of piperazine rings is 1. The number of ether oxygens (including phenoxy) is 4. The monoisotopic (exact) mass is 663 g/mol. The van der Waals surface area contributed by atoms with Gasteiger partial charge in [-0.2, -0.15) is 0 Å². The maximum absolute atomic E-state index is 12.9. The zero-order chi connectivity index (χ0) is 33.6. The highest BCUT2D eigenvalue weighted by Crippen LogP contribution is 2.33. The van der Waals surface area contributed by atoms with Gasteiger partial charge in [0, 0.05) is 37.3 Å². The number of benzene rings is 4. The Labute approximate surface area is 286 Å². The predicted molar refractivity (Wildman–Crippen MR) is 193 cm³/mol. The van der Waals surface area contributed by atoms with Crippen LogP contribution in [-0.2, 0) is 0 Å². The molecular formula is C39H41N3O5S. The van der Waals surface area contributed by atoms with Crippen molar-refractivity contribution in [3.63, 3.8) is 0 Å².